The number of ether oxygens (including phenoxy) is 3. The van der Waals surface area contributed by atoms with Crippen LogP contribution in [0.3, 0.4) is 0 Å². The second-order valence-corrected chi connectivity index (χ2v) is 8.76. The van der Waals surface area contributed by atoms with E-state index in [0.29, 0.717) is 28.5 Å². The molecule has 0 atom stereocenters. The van der Waals surface area contributed by atoms with Gasteiger partial charge in [-0.1, -0.05) is 24.3 Å². The minimum Gasteiger partial charge on any atom is -0.497 e. The predicted molar refractivity (Wildman–Crippen MR) is 129 cm³/mol. The summed E-state index contributed by atoms with van der Waals surface area (Å²) in [6, 6.07) is 19.5. The standard InChI is InChI=1S/C24H25N3O6S/c1-31-20-12-14-21(15-13-20)34(29,30)27(19-9-5-4-6-10-19)17-23(28)26-25-16-18-8-7-11-22(32-2)24(18)33-3/h4-16H,17H2,1-3H3,(H,26,28)/b25-16-. The second kappa shape index (κ2) is 11.2. The van der Waals surface area contributed by atoms with Gasteiger partial charge in [0, 0.05) is 5.56 Å². The fourth-order valence-corrected chi connectivity index (χ4v) is 4.56. The molecule has 3 aromatic carbocycles. The third kappa shape index (κ3) is 5.65. The molecule has 10 heteroatoms. The molecule has 0 fully saturated rings. The van der Waals surface area contributed by atoms with Crippen molar-refractivity contribution in [2.75, 3.05) is 32.2 Å². The lowest BCUT2D eigenvalue weighted by Crippen LogP contribution is -2.39. The molecular formula is C24H25N3O6S. The van der Waals surface area contributed by atoms with Crippen molar-refractivity contribution >= 4 is 27.8 Å². The Morgan fingerprint density at radius 1 is 0.912 bits per heavy atom. The van der Waals surface area contributed by atoms with Crippen molar-refractivity contribution in [2.45, 2.75) is 4.90 Å². The number of rotatable bonds is 10. The lowest BCUT2D eigenvalue weighted by Gasteiger charge is -2.23. The van der Waals surface area contributed by atoms with Crippen molar-refractivity contribution in [2.24, 2.45) is 5.10 Å². The molecule has 0 aliphatic heterocycles. The number of para-hydroxylation sites is 2. The first-order valence-corrected chi connectivity index (χ1v) is 11.6. The highest BCUT2D eigenvalue weighted by molar-refractivity contribution is 7.92. The fraction of sp³-hybridized carbons (Fsp3) is 0.167. The molecule has 0 bridgehead atoms. The molecule has 1 amide bonds. The van der Waals surface area contributed by atoms with Gasteiger partial charge in [-0.3, -0.25) is 9.10 Å². The Hall–Kier alpha value is -4.05. The zero-order chi connectivity index (χ0) is 24.6. The summed E-state index contributed by atoms with van der Waals surface area (Å²) in [5.74, 6) is 0.860. The van der Waals surface area contributed by atoms with Crippen molar-refractivity contribution in [3.8, 4) is 17.2 Å². The van der Waals surface area contributed by atoms with Gasteiger partial charge in [-0.05, 0) is 48.5 Å². The molecule has 0 saturated carbocycles. The number of carbonyl (C=O) groups is 1. The minimum atomic E-state index is -4.04. The number of hydrazone groups is 1. The monoisotopic (exact) mass is 483 g/mol. The summed E-state index contributed by atoms with van der Waals surface area (Å²) in [5.41, 5.74) is 3.29. The van der Waals surface area contributed by atoms with Crippen molar-refractivity contribution in [1.29, 1.82) is 0 Å². The number of hydrogen-bond acceptors (Lipinski definition) is 7. The number of nitrogens with zero attached hydrogens (tertiary/aromatic N) is 2. The third-order valence-electron chi connectivity index (χ3n) is 4.81. The number of benzene rings is 3. The van der Waals surface area contributed by atoms with Gasteiger partial charge in [0.25, 0.3) is 15.9 Å². The smallest absolute Gasteiger partial charge is 0.264 e. The summed E-state index contributed by atoms with van der Waals surface area (Å²) >= 11 is 0. The number of methoxy groups -OCH3 is 3. The van der Waals surface area contributed by atoms with E-state index in [1.807, 2.05) is 0 Å². The van der Waals surface area contributed by atoms with Crippen LogP contribution in [0.1, 0.15) is 5.56 Å². The molecule has 178 valence electrons. The average molecular weight is 484 g/mol. The lowest BCUT2D eigenvalue weighted by atomic mass is 10.2. The van der Waals surface area contributed by atoms with Crippen molar-refractivity contribution < 1.29 is 27.4 Å². The quantitative estimate of drug-likeness (QED) is 0.351. The molecule has 0 radical (unpaired) electrons. The van der Waals surface area contributed by atoms with E-state index < -0.39 is 22.5 Å². The molecule has 0 aliphatic rings. The summed E-state index contributed by atoms with van der Waals surface area (Å²) in [6.45, 7) is -0.481. The normalized spacial score (nSPS) is 11.1. The van der Waals surface area contributed by atoms with Crippen LogP contribution in [0, 0.1) is 0 Å². The molecule has 0 unspecified atom stereocenters. The van der Waals surface area contributed by atoms with Crippen LogP contribution in [0.25, 0.3) is 0 Å². The van der Waals surface area contributed by atoms with E-state index in [2.05, 4.69) is 10.5 Å². The first-order chi connectivity index (χ1) is 16.4. The van der Waals surface area contributed by atoms with E-state index in [4.69, 9.17) is 14.2 Å². The Kier molecular flexibility index (Phi) is 8.10. The summed E-state index contributed by atoms with van der Waals surface area (Å²) in [5, 5.41) is 3.95. The van der Waals surface area contributed by atoms with Crippen LogP contribution in [0.15, 0.2) is 82.8 Å². The van der Waals surface area contributed by atoms with Crippen molar-refractivity contribution in [3.63, 3.8) is 0 Å². The number of amides is 1. The Morgan fingerprint density at radius 2 is 1.62 bits per heavy atom. The second-order valence-electron chi connectivity index (χ2n) is 6.90. The van der Waals surface area contributed by atoms with Crippen molar-refractivity contribution in [1.82, 2.24) is 5.43 Å². The van der Waals surface area contributed by atoms with E-state index in [0.717, 1.165) is 4.31 Å². The van der Waals surface area contributed by atoms with Gasteiger partial charge in [0.15, 0.2) is 11.5 Å². The van der Waals surface area contributed by atoms with E-state index in [-0.39, 0.29) is 4.90 Å². The van der Waals surface area contributed by atoms with E-state index in [9.17, 15) is 13.2 Å². The summed E-state index contributed by atoms with van der Waals surface area (Å²) in [6.07, 6.45) is 1.39. The first kappa shape index (κ1) is 24.6. The fourth-order valence-electron chi connectivity index (χ4n) is 3.14. The van der Waals surface area contributed by atoms with E-state index in [1.54, 1.807) is 60.7 Å². The molecule has 3 aromatic rings. The van der Waals surface area contributed by atoms with E-state index >= 15 is 0 Å². The van der Waals surface area contributed by atoms with Gasteiger partial charge in [-0.25, -0.2) is 13.8 Å². The Labute approximate surface area is 198 Å². The molecule has 0 heterocycles. The highest BCUT2D eigenvalue weighted by Crippen LogP contribution is 2.29. The van der Waals surface area contributed by atoms with Crippen LogP contribution >= 0.6 is 0 Å². The minimum absolute atomic E-state index is 0.0228. The molecule has 9 nitrogen and oxygen atoms in total. The lowest BCUT2D eigenvalue weighted by molar-refractivity contribution is -0.119. The molecule has 34 heavy (non-hydrogen) atoms. The molecule has 0 aromatic heterocycles. The van der Waals surface area contributed by atoms with Crippen LogP contribution < -0.4 is 23.9 Å². The maximum Gasteiger partial charge on any atom is 0.264 e. The zero-order valence-electron chi connectivity index (χ0n) is 19.0. The average Bonchev–Trinajstić information content (AvgIpc) is 2.87. The van der Waals surface area contributed by atoms with Gasteiger partial charge in [0.2, 0.25) is 0 Å². The highest BCUT2D eigenvalue weighted by atomic mass is 32.2. The Bertz CT molecular complexity index is 1250. The number of carbonyl (C=O) groups excluding carboxylic acids is 1. The van der Waals surface area contributed by atoms with Crippen molar-refractivity contribution in [3.05, 3.63) is 78.4 Å². The number of hydrogen-bond donors (Lipinski definition) is 1. The number of sulfonamides is 1. The van der Waals surface area contributed by atoms with E-state index in [1.165, 1.54) is 39.7 Å². The molecule has 0 spiro atoms. The highest BCUT2D eigenvalue weighted by Gasteiger charge is 2.27. The molecule has 1 N–H and O–H groups in total. The SMILES string of the molecule is COc1ccc(S(=O)(=O)N(CC(=O)N/N=C\c2cccc(OC)c2OC)c2ccccc2)cc1. The summed E-state index contributed by atoms with van der Waals surface area (Å²) in [7, 11) is 0.461. The van der Waals surface area contributed by atoms with Crippen LogP contribution in [0.4, 0.5) is 5.69 Å². The molecule has 0 saturated heterocycles. The van der Waals surface area contributed by atoms with Crippen LogP contribution in [0.2, 0.25) is 0 Å². The van der Waals surface area contributed by atoms with Gasteiger partial charge in [-0.2, -0.15) is 5.10 Å². The maximum absolute atomic E-state index is 13.4. The third-order valence-corrected chi connectivity index (χ3v) is 6.59. The predicted octanol–water partition coefficient (Wildman–Crippen LogP) is 3.06. The zero-order valence-corrected chi connectivity index (χ0v) is 19.8. The number of nitrogens with one attached hydrogen (secondary N) is 1. The maximum atomic E-state index is 13.4. The Morgan fingerprint density at radius 3 is 2.24 bits per heavy atom. The van der Waals surface area contributed by atoms with Gasteiger partial charge in [0.1, 0.15) is 12.3 Å². The van der Waals surface area contributed by atoms with Gasteiger partial charge in [0.05, 0.1) is 38.1 Å². The van der Waals surface area contributed by atoms with Gasteiger partial charge >= 0.3 is 0 Å². The molecule has 3 rings (SSSR count). The van der Waals surface area contributed by atoms with Gasteiger partial charge in [-0.15, -0.1) is 0 Å². The topological polar surface area (TPSA) is 107 Å². The van der Waals surface area contributed by atoms with Crippen LogP contribution in [-0.2, 0) is 14.8 Å². The van der Waals surface area contributed by atoms with Crippen LogP contribution in [0.5, 0.6) is 17.2 Å². The molecular weight excluding hydrogens is 458 g/mol. The van der Waals surface area contributed by atoms with Gasteiger partial charge < -0.3 is 14.2 Å². The summed E-state index contributed by atoms with van der Waals surface area (Å²) in [4.78, 5) is 12.7. The summed E-state index contributed by atoms with van der Waals surface area (Å²) < 4.78 is 43.4. The largest absolute Gasteiger partial charge is 0.497 e. The van der Waals surface area contributed by atoms with Crippen LogP contribution in [-0.4, -0.2) is 48.4 Å². The first-order valence-electron chi connectivity index (χ1n) is 10.2. The number of anilines is 1. The molecule has 0 aliphatic carbocycles. The Balaban J connectivity index is 1.82.